The number of methoxy groups -OCH3 is 1. The number of alkyl halides is 3. The predicted molar refractivity (Wildman–Crippen MR) is 75.0 cm³/mol. The van der Waals surface area contributed by atoms with Gasteiger partial charge in [0.05, 0.1) is 7.11 Å². The van der Waals surface area contributed by atoms with Gasteiger partial charge in [0.2, 0.25) is 0 Å². The molecule has 7 heteroatoms. The molecule has 21 heavy (non-hydrogen) atoms. The van der Waals surface area contributed by atoms with Gasteiger partial charge in [-0.25, -0.2) is 4.98 Å². The normalized spacial score (nSPS) is 13.9. The van der Waals surface area contributed by atoms with Crippen molar-refractivity contribution in [2.45, 2.75) is 26.6 Å². The van der Waals surface area contributed by atoms with E-state index in [9.17, 15) is 13.2 Å². The maximum Gasteiger partial charge on any atom is 0.434 e. The van der Waals surface area contributed by atoms with E-state index in [1.807, 2.05) is 0 Å². The molecule has 0 saturated heterocycles. The van der Waals surface area contributed by atoms with Gasteiger partial charge < -0.3 is 15.0 Å². The number of nitrogens with zero attached hydrogens (tertiary/aromatic N) is 2. The van der Waals surface area contributed by atoms with Crippen LogP contribution in [0.2, 0.25) is 0 Å². The number of hydrogen-bond acceptors (Lipinski definition) is 3. The van der Waals surface area contributed by atoms with E-state index in [-0.39, 0.29) is 5.82 Å². The molecule has 0 aromatic carbocycles. The van der Waals surface area contributed by atoms with Crippen LogP contribution >= 0.6 is 0 Å². The predicted octanol–water partition coefficient (Wildman–Crippen LogP) is 3.33. The summed E-state index contributed by atoms with van der Waals surface area (Å²) in [6, 6.07) is 0. The van der Waals surface area contributed by atoms with Crippen molar-refractivity contribution < 1.29 is 17.9 Å². The van der Waals surface area contributed by atoms with Crippen LogP contribution in [0.25, 0.3) is 5.57 Å². The Bertz CT molecular complexity index is 583. The molecule has 0 spiro atoms. The zero-order valence-corrected chi connectivity index (χ0v) is 12.2. The van der Waals surface area contributed by atoms with Crippen molar-refractivity contribution in [2.75, 3.05) is 7.11 Å². The van der Waals surface area contributed by atoms with Gasteiger partial charge in [-0.15, -0.1) is 0 Å². The van der Waals surface area contributed by atoms with E-state index in [1.165, 1.54) is 23.8 Å². The number of allylic oxidation sites excluding steroid dienone is 3. The SMILES string of the molecule is C=C/C(N)=C\C(OC)=C(/C)c1nc(C(F)(F)F)cn1CC. The van der Waals surface area contributed by atoms with Crippen molar-refractivity contribution in [3.8, 4) is 0 Å². The summed E-state index contributed by atoms with van der Waals surface area (Å²) in [7, 11) is 1.41. The van der Waals surface area contributed by atoms with Gasteiger partial charge in [0.1, 0.15) is 11.6 Å². The van der Waals surface area contributed by atoms with Crippen LogP contribution in [0.15, 0.2) is 36.4 Å². The molecule has 0 unspecified atom stereocenters. The minimum Gasteiger partial charge on any atom is -0.496 e. The fourth-order valence-electron chi connectivity index (χ4n) is 1.73. The molecule has 0 aliphatic rings. The van der Waals surface area contributed by atoms with E-state index in [4.69, 9.17) is 10.5 Å². The molecule has 0 atom stereocenters. The van der Waals surface area contributed by atoms with E-state index < -0.39 is 11.9 Å². The molecule has 1 heterocycles. The van der Waals surface area contributed by atoms with E-state index >= 15 is 0 Å². The fraction of sp³-hybridized carbons (Fsp3) is 0.357. The molecule has 0 saturated carbocycles. The van der Waals surface area contributed by atoms with Crippen molar-refractivity contribution >= 4 is 5.57 Å². The lowest BCUT2D eigenvalue weighted by Crippen LogP contribution is -2.05. The number of rotatable bonds is 5. The molecule has 0 aliphatic heterocycles. The zero-order valence-electron chi connectivity index (χ0n) is 12.2. The third kappa shape index (κ3) is 3.90. The van der Waals surface area contributed by atoms with E-state index in [0.29, 0.717) is 23.6 Å². The topological polar surface area (TPSA) is 53.1 Å². The van der Waals surface area contributed by atoms with Gasteiger partial charge in [0.25, 0.3) is 0 Å². The van der Waals surface area contributed by atoms with Crippen LogP contribution in [-0.2, 0) is 17.5 Å². The summed E-state index contributed by atoms with van der Waals surface area (Å²) >= 11 is 0. The maximum absolute atomic E-state index is 12.8. The van der Waals surface area contributed by atoms with Gasteiger partial charge >= 0.3 is 6.18 Å². The van der Waals surface area contributed by atoms with Gasteiger partial charge in [-0.2, -0.15) is 13.2 Å². The van der Waals surface area contributed by atoms with Gasteiger partial charge in [0, 0.05) is 30.1 Å². The number of imidazole rings is 1. The molecular weight excluding hydrogens is 283 g/mol. The monoisotopic (exact) mass is 301 g/mol. The lowest BCUT2D eigenvalue weighted by atomic mass is 10.2. The number of ether oxygens (including phenoxy) is 1. The highest BCUT2D eigenvalue weighted by molar-refractivity contribution is 5.63. The van der Waals surface area contributed by atoms with E-state index in [1.54, 1.807) is 13.8 Å². The summed E-state index contributed by atoms with van der Waals surface area (Å²) in [6.45, 7) is 7.22. The van der Waals surface area contributed by atoms with Gasteiger partial charge in [0.15, 0.2) is 5.69 Å². The van der Waals surface area contributed by atoms with Crippen molar-refractivity contribution in [2.24, 2.45) is 5.73 Å². The summed E-state index contributed by atoms with van der Waals surface area (Å²) < 4.78 is 44.9. The van der Waals surface area contributed by atoms with E-state index in [2.05, 4.69) is 11.6 Å². The fourth-order valence-corrected chi connectivity index (χ4v) is 1.73. The number of aromatic nitrogens is 2. The Morgan fingerprint density at radius 2 is 2.14 bits per heavy atom. The van der Waals surface area contributed by atoms with Crippen molar-refractivity contribution in [1.82, 2.24) is 9.55 Å². The highest BCUT2D eigenvalue weighted by Crippen LogP contribution is 2.30. The van der Waals surface area contributed by atoms with Crippen molar-refractivity contribution in [3.63, 3.8) is 0 Å². The van der Waals surface area contributed by atoms with Crippen molar-refractivity contribution in [3.05, 3.63) is 47.9 Å². The zero-order chi connectivity index (χ0) is 16.2. The molecule has 0 amide bonds. The second-order valence-electron chi connectivity index (χ2n) is 4.28. The first kappa shape index (κ1) is 16.9. The summed E-state index contributed by atoms with van der Waals surface area (Å²) in [5.41, 5.74) is 5.50. The first-order valence-corrected chi connectivity index (χ1v) is 6.23. The Kier molecular flexibility index (Phi) is 5.23. The number of aryl methyl sites for hydroxylation is 1. The van der Waals surface area contributed by atoms with Crippen LogP contribution in [0.5, 0.6) is 0 Å². The summed E-state index contributed by atoms with van der Waals surface area (Å²) in [6.07, 6.45) is -0.602. The minimum atomic E-state index is -4.49. The molecule has 1 aromatic rings. The van der Waals surface area contributed by atoms with Gasteiger partial charge in [-0.1, -0.05) is 6.58 Å². The summed E-state index contributed by atoms with van der Waals surface area (Å²) in [4.78, 5) is 3.66. The number of hydrogen-bond donors (Lipinski definition) is 1. The largest absolute Gasteiger partial charge is 0.496 e. The van der Waals surface area contributed by atoms with Crippen LogP contribution < -0.4 is 5.73 Å². The van der Waals surface area contributed by atoms with Crippen LogP contribution in [0.3, 0.4) is 0 Å². The Morgan fingerprint density at radius 1 is 1.52 bits per heavy atom. The highest BCUT2D eigenvalue weighted by Gasteiger charge is 2.35. The Hall–Kier alpha value is -2.18. The average molecular weight is 301 g/mol. The molecular formula is C14H18F3N3O. The number of halogens is 3. The molecule has 1 rings (SSSR count). The standard InChI is InChI=1S/C14H18F3N3O/c1-5-10(18)7-11(21-4)9(3)13-19-12(14(15,16)17)8-20(13)6-2/h5,7-8H,1,6,18H2,2-4H3/b10-7+,11-9-. The van der Waals surface area contributed by atoms with Crippen LogP contribution in [0.4, 0.5) is 13.2 Å². The number of nitrogens with two attached hydrogens (primary N) is 1. The lowest BCUT2D eigenvalue weighted by Gasteiger charge is -2.09. The van der Waals surface area contributed by atoms with Crippen LogP contribution in [0, 0.1) is 0 Å². The summed E-state index contributed by atoms with van der Waals surface area (Å²) in [5.74, 6) is 0.524. The Labute approximate surface area is 121 Å². The molecule has 4 nitrogen and oxygen atoms in total. The third-order valence-corrected chi connectivity index (χ3v) is 2.87. The molecule has 0 fully saturated rings. The van der Waals surface area contributed by atoms with E-state index in [0.717, 1.165) is 6.20 Å². The minimum absolute atomic E-state index is 0.190. The quantitative estimate of drug-likeness (QED) is 0.670. The van der Waals surface area contributed by atoms with Crippen molar-refractivity contribution in [1.29, 1.82) is 0 Å². The second kappa shape index (κ2) is 6.51. The molecule has 0 aliphatic carbocycles. The Morgan fingerprint density at radius 3 is 2.57 bits per heavy atom. The molecule has 1 aromatic heterocycles. The summed E-state index contributed by atoms with van der Waals surface area (Å²) in [5, 5.41) is 0. The first-order valence-electron chi connectivity index (χ1n) is 6.23. The molecule has 0 bridgehead atoms. The van der Waals surface area contributed by atoms with Crippen LogP contribution in [0.1, 0.15) is 25.4 Å². The molecule has 116 valence electrons. The van der Waals surface area contributed by atoms with Gasteiger partial charge in [-0.05, 0) is 19.9 Å². The van der Waals surface area contributed by atoms with Crippen LogP contribution in [-0.4, -0.2) is 16.7 Å². The maximum atomic E-state index is 12.8. The molecule has 0 radical (unpaired) electrons. The Balaban J connectivity index is 3.43. The lowest BCUT2D eigenvalue weighted by molar-refractivity contribution is -0.141. The third-order valence-electron chi connectivity index (χ3n) is 2.87. The van der Waals surface area contributed by atoms with Gasteiger partial charge in [-0.3, -0.25) is 0 Å². The molecule has 2 N–H and O–H groups in total. The highest BCUT2D eigenvalue weighted by atomic mass is 19.4. The first-order chi connectivity index (χ1) is 9.74. The average Bonchev–Trinajstić information content (AvgIpc) is 2.87. The second-order valence-corrected chi connectivity index (χ2v) is 4.28. The smallest absolute Gasteiger partial charge is 0.434 e.